The summed E-state index contributed by atoms with van der Waals surface area (Å²) in [6.45, 7) is 2.06. The first-order valence-electron chi connectivity index (χ1n) is 7.50. The summed E-state index contributed by atoms with van der Waals surface area (Å²) >= 11 is 0. The quantitative estimate of drug-likeness (QED) is 0.669. The number of nitrogens with one attached hydrogen (secondary N) is 1. The molecule has 2 atom stereocenters. The van der Waals surface area contributed by atoms with Crippen molar-refractivity contribution in [2.24, 2.45) is 5.92 Å². The molecule has 1 aromatic carbocycles. The van der Waals surface area contributed by atoms with Gasteiger partial charge in [-0.25, -0.2) is 4.98 Å². The van der Waals surface area contributed by atoms with Crippen LogP contribution in [0, 0.1) is 23.0 Å². The maximum absolute atomic E-state index is 11.2. The maximum atomic E-state index is 11.2. The van der Waals surface area contributed by atoms with Crippen LogP contribution < -0.4 is 5.32 Å². The Labute approximate surface area is 128 Å². The van der Waals surface area contributed by atoms with E-state index >= 15 is 0 Å². The molecule has 0 bridgehead atoms. The van der Waals surface area contributed by atoms with Crippen LogP contribution in [0.5, 0.6) is 0 Å². The van der Waals surface area contributed by atoms with Gasteiger partial charge < -0.3 is 10.4 Å². The Hall–Kier alpha value is -2.21. The fraction of sp³-hybridized carbons (Fsp3) is 0.438. The Bertz CT molecular complexity index is 717. The number of para-hydroxylation sites is 1. The summed E-state index contributed by atoms with van der Waals surface area (Å²) in [6, 6.07) is 7.25. The lowest BCUT2D eigenvalue weighted by Gasteiger charge is -2.16. The van der Waals surface area contributed by atoms with Gasteiger partial charge in [-0.3, -0.25) is 10.1 Å². The van der Waals surface area contributed by atoms with E-state index in [2.05, 4.69) is 10.3 Å². The van der Waals surface area contributed by atoms with Crippen LogP contribution in [0.2, 0.25) is 0 Å². The van der Waals surface area contributed by atoms with Crippen LogP contribution >= 0.6 is 0 Å². The molecule has 0 unspecified atom stereocenters. The Morgan fingerprint density at radius 3 is 2.95 bits per heavy atom. The van der Waals surface area contributed by atoms with Crippen molar-refractivity contribution in [3.8, 4) is 0 Å². The van der Waals surface area contributed by atoms with Crippen molar-refractivity contribution < 1.29 is 10.0 Å². The molecule has 116 valence electrons. The van der Waals surface area contributed by atoms with Gasteiger partial charge in [-0.1, -0.05) is 12.1 Å². The van der Waals surface area contributed by atoms with E-state index < -0.39 is 4.92 Å². The zero-order chi connectivity index (χ0) is 15.7. The summed E-state index contributed by atoms with van der Waals surface area (Å²) in [4.78, 5) is 15.1. The number of aromatic nitrogens is 1. The molecule has 1 fully saturated rings. The molecule has 1 aliphatic carbocycles. The van der Waals surface area contributed by atoms with Crippen LogP contribution in [-0.4, -0.2) is 27.7 Å². The first kappa shape index (κ1) is 14.7. The van der Waals surface area contributed by atoms with Gasteiger partial charge in [0.1, 0.15) is 0 Å². The number of fused-ring (bicyclic) bond motifs is 1. The van der Waals surface area contributed by atoms with E-state index in [4.69, 9.17) is 0 Å². The first-order chi connectivity index (χ1) is 10.6. The molecule has 1 saturated carbocycles. The zero-order valence-electron chi connectivity index (χ0n) is 12.5. The van der Waals surface area contributed by atoms with Gasteiger partial charge in [0.25, 0.3) is 5.69 Å². The van der Waals surface area contributed by atoms with Crippen LogP contribution in [0.25, 0.3) is 10.9 Å². The van der Waals surface area contributed by atoms with Gasteiger partial charge >= 0.3 is 0 Å². The summed E-state index contributed by atoms with van der Waals surface area (Å²) < 4.78 is 0. The van der Waals surface area contributed by atoms with Crippen molar-refractivity contribution in [2.45, 2.75) is 32.2 Å². The average Bonchev–Trinajstić information content (AvgIpc) is 2.94. The standard InChI is InChI=1S/C16H19N3O3/c1-10-7-14(18-12-6-5-11(8-12)9-20)13-3-2-4-15(19(21)22)16(13)17-10/h2-4,7,11-12,20H,5-6,8-9H2,1H3,(H,17,18)/t11-,12+/m0/s1. The number of aliphatic hydroxyl groups excluding tert-OH is 1. The molecule has 1 aliphatic rings. The number of benzene rings is 1. The van der Waals surface area contributed by atoms with Gasteiger partial charge in [0.2, 0.25) is 0 Å². The zero-order valence-corrected chi connectivity index (χ0v) is 12.5. The minimum absolute atomic E-state index is 0.0314. The van der Waals surface area contributed by atoms with Crippen LogP contribution in [0.1, 0.15) is 25.0 Å². The molecule has 22 heavy (non-hydrogen) atoms. The fourth-order valence-electron chi connectivity index (χ4n) is 3.22. The second-order valence-electron chi connectivity index (χ2n) is 5.94. The number of non-ortho nitro benzene ring substituents is 1. The molecule has 1 aromatic heterocycles. The summed E-state index contributed by atoms with van der Waals surface area (Å²) in [7, 11) is 0. The van der Waals surface area contributed by atoms with Crippen molar-refractivity contribution >= 4 is 22.3 Å². The molecule has 6 nitrogen and oxygen atoms in total. The number of anilines is 1. The van der Waals surface area contributed by atoms with Gasteiger partial charge in [-0.05, 0) is 38.2 Å². The number of nitrogens with zero attached hydrogens (tertiary/aromatic N) is 2. The maximum Gasteiger partial charge on any atom is 0.295 e. The van der Waals surface area contributed by atoms with E-state index in [9.17, 15) is 15.2 Å². The highest BCUT2D eigenvalue weighted by Gasteiger charge is 2.25. The predicted octanol–water partition coefficient (Wildman–Crippen LogP) is 3.02. The molecule has 0 amide bonds. The molecule has 3 rings (SSSR count). The molecule has 1 heterocycles. The molecule has 0 saturated heterocycles. The van der Waals surface area contributed by atoms with Gasteiger partial charge in [-0.2, -0.15) is 0 Å². The lowest BCUT2D eigenvalue weighted by atomic mass is 10.1. The minimum atomic E-state index is -0.393. The van der Waals surface area contributed by atoms with Crippen molar-refractivity contribution in [3.63, 3.8) is 0 Å². The highest BCUT2D eigenvalue weighted by Crippen LogP contribution is 2.33. The van der Waals surface area contributed by atoms with E-state index in [-0.39, 0.29) is 12.3 Å². The van der Waals surface area contributed by atoms with Crippen LogP contribution in [0.3, 0.4) is 0 Å². The second kappa shape index (κ2) is 5.88. The molecular weight excluding hydrogens is 282 g/mol. The Kier molecular flexibility index (Phi) is 3.94. The third-order valence-electron chi connectivity index (χ3n) is 4.30. The van der Waals surface area contributed by atoms with Crippen molar-refractivity contribution in [3.05, 3.63) is 40.1 Å². The number of hydrogen-bond donors (Lipinski definition) is 2. The van der Waals surface area contributed by atoms with E-state index in [1.165, 1.54) is 6.07 Å². The monoisotopic (exact) mass is 301 g/mol. The fourth-order valence-corrected chi connectivity index (χ4v) is 3.22. The van der Waals surface area contributed by atoms with Gasteiger partial charge in [0, 0.05) is 35.5 Å². The molecule has 0 radical (unpaired) electrons. The summed E-state index contributed by atoms with van der Waals surface area (Å²) in [5, 5.41) is 24.7. The molecular formula is C16H19N3O3. The average molecular weight is 301 g/mol. The molecule has 2 aromatic rings. The van der Waals surface area contributed by atoms with Crippen molar-refractivity contribution in [2.75, 3.05) is 11.9 Å². The van der Waals surface area contributed by atoms with Crippen LogP contribution in [0.4, 0.5) is 11.4 Å². The Balaban J connectivity index is 1.99. The highest BCUT2D eigenvalue weighted by molar-refractivity contribution is 5.96. The van der Waals surface area contributed by atoms with Gasteiger partial charge in [0.15, 0.2) is 5.52 Å². The van der Waals surface area contributed by atoms with Crippen molar-refractivity contribution in [1.29, 1.82) is 0 Å². The largest absolute Gasteiger partial charge is 0.396 e. The topological polar surface area (TPSA) is 88.3 Å². The van der Waals surface area contributed by atoms with Gasteiger partial charge in [0.05, 0.1) is 4.92 Å². The predicted molar refractivity (Wildman–Crippen MR) is 85.0 cm³/mol. The lowest BCUT2D eigenvalue weighted by Crippen LogP contribution is -2.16. The molecule has 6 heteroatoms. The normalized spacial score (nSPS) is 21.2. The number of nitro benzene ring substituents is 1. The van der Waals surface area contributed by atoms with Crippen molar-refractivity contribution in [1.82, 2.24) is 4.98 Å². The minimum Gasteiger partial charge on any atom is -0.396 e. The molecule has 0 spiro atoms. The number of aryl methyl sites for hydroxylation is 1. The van der Waals surface area contributed by atoms with E-state index in [1.807, 2.05) is 19.1 Å². The molecule has 0 aliphatic heterocycles. The molecule has 2 N–H and O–H groups in total. The van der Waals surface area contributed by atoms with Crippen LogP contribution in [-0.2, 0) is 0 Å². The Morgan fingerprint density at radius 2 is 2.27 bits per heavy atom. The number of aliphatic hydroxyl groups is 1. The third-order valence-corrected chi connectivity index (χ3v) is 4.30. The smallest absolute Gasteiger partial charge is 0.295 e. The SMILES string of the molecule is Cc1cc(N[C@@H]2CC[C@H](CO)C2)c2cccc([N+](=O)[O-])c2n1. The number of rotatable bonds is 4. The third kappa shape index (κ3) is 2.74. The highest BCUT2D eigenvalue weighted by atomic mass is 16.6. The van der Waals surface area contributed by atoms with E-state index in [1.54, 1.807) is 6.07 Å². The van der Waals surface area contributed by atoms with Gasteiger partial charge in [-0.15, -0.1) is 0 Å². The number of hydrogen-bond acceptors (Lipinski definition) is 5. The van der Waals surface area contributed by atoms with Crippen LogP contribution in [0.15, 0.2) is 24.3 Å². The number of nitro groups is 1. The first-order valence-corrected chi connectivity index (χ1v) is 7.50. The Morgan fingerprint density at radius 1 is 1.45 bits per heavy atom. The van der Waals surface area contributed by atoms with E-state index in [0.717, 1.165) is 36.0 Å². The summed E-state index contributed by atoms with van der Waals surface area (Å²) in [5.41, 5.74) is 2.09. The lowest BCUT2D eigenvalue weighted by molar-refractivity contribution is -0.383. The summed E-state index contributed by atoms with van der Waals surface area (Å²) in [6.07, 6.45) is 2.94. The number of pyridine rings is 1. The van der Waals surface area contributed by atoms with E-state index in [0.29, 0.717) is 17.5 Å². The second-order valence-corrected chi connectivity index (χ2v) is 5.94. The summed E-state index contributed by atoms with van der Waals surface area (Å²) in [5.74, 6) is 0.348.